The third kappa shape index (κ3) is 2.16. The van der Waals surface area contributed by atoms with E-state index in [4.69, 9.17) is 0 Å². The Kier molecular flexibility index (Phi) is 2.97. The van der Waals surface area contributed by atoms with Crippen LogP contribution in [-0.4, -0.2) is 42.2 Å². The number of aromatic hydroxyl groups is 3. The summed E-state index contributed by atoms with van der Waals surface area (Å²) in [6.45, 7) is 0.943. The first-order valence-electron chi connectivity index (χ1n) is 6.50. The second-order valence-electron chi connectivity index (χ2n) is 5.09. The van der Waals surface area contributed by atoms with Gasteiger partial charge in [-0.15, -0.1) is 0 Å². The first kappa shape index (κ1) is 13.3. The lowest BCUT2D eigenvalue weighted by molar-refractivity contribution is 0.0729. The number of aryl methyl sites for hydroxylation is 1. The van der Waals surface area contributed by atoms with Crippen molar-refractivity contribution in [1.82, 2.24) is 14.5 Å². The number of rotatable bonds is 1. The van der Waals surface area contributed by atoms with Crippen molar-refractivity contribution in [2.24, 2.45) is 7.05 Å². The molecule has 1 aromatic heterocycles. The average Bonchev–Trinajstić information content (AvgIpc) is 2.84. The van der Waals surface area contributed by atoms with Crippen LogP contribution in [0.3, 0.4) is 0 Å². The number of amides is 1. The lowest BCUT2D eigenvalue weighted by atomic mass is 10.1. The molecule has 0 unspecified atom stereocenters. The van der Waals surface area contributed by atoms with Crippen LogP contribution in [0.1, 0.15) is 21.7 Å². The molecule has 0 saturated carbocycles. The normalized spacial score (nSPS) is 14.0. The van der Waals surface area contributed by atoms with Crippen LogP contribution in [0.5, 0.6) is 17.2 Å². The Morgan fingerprint density at radius 3 is 2.57 bits per heavy atom. The van der Waals surface area contributed by atoms with Crippen molar-refractivity contribution in [2.45, 2.75) is 13.0 Å². The van der Waals surface area contributed by atoms with Gasteiger partial charge in [-0.1, -0.05) is 0 Å². The van der Waals surface area contributed by atoms with Crippen molar-refractivity contribution in [3.8, 4) is 17.2 Å². The van der Waals surface area contributed by atoms with Gasteiger partial charge in [0.2, 0.25) is 0 Å². The van der Waals surface area contributed by atoms with Gasteiger partial charge in [-0.3, -0.25) is 4.79 Å². The lowest BCUT2D eigenvalue weighted by Gasteiger charge is -2.27. The summed E-state index contributed by atoms with van der Waals surface area (Å²) >= 11 is 0. The topological polar surface area (TPSA) is 98.8 Å². The van der Waals surface area contributed by atoms with Crippen LogP contribution in [0.4, 0.5) is 0 Å². The number of aromatic nitrogens is 2. The highest BCUT2D eigenvalue weighted by Gasteiger charge is 2.25. The zero-order valence-corrected chi connectivity index (χ0v) is 11.4. The van der Waals surface area contributed by atoms with E-state index in [0.717, 1.165) is 23.5 Å². The Labute approximate surface area is 120 Å². The molecule has 0 atom stereocenters. The van der Waals surface area contributed by atoms with E-state index in [-0.39, 0.29) is 11.5 Å². The maximum absolute atomic E-state index is 12.5. The van der Waals surface area contributed by atoms with Crippen LogP contribution in [0.15, 0.2) is 18.5 Å². The van der Waals surface area contributed by atoms with E-state index in [1.807, 2.05) is 11.6 Å². The molecule has 2 aromatic rings. The molecule has 0 spiro atoms. The second kappa shape index (κ2) is 4.69. The Morgan fingerprint density at radius 1 is 1.24 bits per heavy atom. The molecule has 2 heterocycles. The van der Waals surface area contributed by atoms with Gasteiger partial charge in [-0.2, -0.15) is 0 Å². The molecule has 110 valence electrons. The summed E-state index contributed by atoms with van der Waals surface area (Å²) in [5.41, 5.74) is 2.09. The van der Waals surface area contributed by atoms with Crippen molar-refractivity contribution in [1.29, 1.82) is 0 Å². The molecule has 0 saturated heterocycles. The van der Waals surface area contributed by atoms with Crippen LogP contribution in [0.25, 0.3) is 0 Å². The molecule has 0 radical (unpaired) electrons. The predicted octanol–water partition coefficient (Wildman–Crippen LogP) is 0.735. The number of hydrogen-bond donors (Lipinski definition) is 3. The number of phenolic OH excluding ortho intramolecular Hbond substituents is 3. The first-order chi connectivity index (χ1) is 9.97. The van der Waals surface area contributed by atoms with Crippen molar-refractivity contribution in [2.75, 3.05) is 6.54 Å². The molecule has 1 aromatic carbocycles. The monoisotopic (exact) mass is 289 g/mol. The molecule has 1 amide bonds. The highest BCUT2D eigenvalue weighted by molar-refractivity contribution is 5.95. The van der Waals surface area contributed by atoms with Crippen molar-refractivity contribution in [3.63, 3.8) is 0 Å². The van der Waals surface area contributed by atoms with E-state index in [9.17, 15) is 20.1 Å². The smallest absolute Gasteiger partial charge is 0.254 e. The van der Waals surface area contributed by atoms with E-state index < -0.39 is 17.2 Å². The van der Waals surface area contributed by atoms with Gasteiger partial charge in [0.15, 0.2) is 17.2 Å². The molecular formula is C14H15N3O4. The molecule has 21 heavy (non-hydrogen) atoms. The average molecular weight is 289 g/mol. The van der Waals surface area contributed by atoms with Crippen molar-refractivity contribution in [3.05, 3.63) is 35.4 Å². The largest absolute Gasteiger partial charge is 0.504 e. The van der Waals surface area contributed by atoms with E-state index in [0.29, 0.717) is 19.5 Å². The number of hydrogen-bond acceptors (Lipinski definition) is 5. The fourth-order valence-electron chi connectivity index (χ4n) is 2.50. The third-order valence-corrected chi connectivity index (χ3v) is 3.71. The molecule has 0 fully saturated rings. The Bertz CT molecular complexity index is 700. The molecular weight excluding hydrogens is 274 g/mol. The Hall–Kier alpha value is -2.70. The number of benzene rings is 1. The second-order valence-corrected chi connectivity index (χ2v) is 5.09. The van der Waals surface area contributed by atoms with Gasteiger partial charge in [0.25, 0.3) is 5.91 Å². The van der Waals surface area contributed by atoms with Crippen LogP contribution in [-0.2, 0) is 20.0 Å². The molecule has 7 nitrogen and oxygen atoms in total. The summed E-state index contributed by atoms with van der Waals surface area (Å²) in [5, 5.41) is 28.3. The molecule has 0 aliphatic carbocycles. The number of imidazole rings is 1. The van der Waals surface area contributed by atoms with Gasteiger partial charge in [0.1, 0.15) is 0 Å². The minimum Gasteiger partial charge on any atom is -0.504 e. The van der Waals surface area contributed by atoms with Crippen LogP contribution < -0.4 is 0 Å². The van der Waals surface area contributed by atoms with Crippen LogP contribution >= 0.6 is 0 Å². The molecule has 3 rings (SSSR count). The van der Waals surface area contributed by atoms with Gasteiger partial charge in [0.05, 0.1) is 24.3 Å². The van der Waals surface area contributed by atoms with Crippen LogP contribution in [0, 0.1) is 0 Å². The highest BCUT2D eigenvalue weighted by atomic mass is 16.3. The number of phenols is 3. The maximum atomic E-state index is 12.5. The lowest BCUT2D eigenvalue weighted by Crippen LogP contribution is -2.36. The minimum absolute atomic E-state index is 0.133. The zero-order valence-electron chi connectivity index (χ0n) is 11.4. The van der Waals surface area contributed by atoms with Crippen molar-refractivity contribution < 1.29 is 20.1 Å². The number of carbonyl (C=O) groups excluding carboxylic acids is 1. The van der Waals surface area contributed by atoms with Gasteiger partial charge in [-0.05, 0) is 12.1 Å². The Morgan fingerprint density at radius 2 is 1.90 bits per heavy atom. The zero-order chi connectivity index (χ0) is 15.1. The highest BCUT2D eigenvalue weighted by Crippen LogP contribution is 2.36. The van der Waals surface area contributed by atoms with E-state index in [2.05, 4.69) is 4.98 Å². The van der Waals surface area contributed by atoms with Gasteiger partial charge >= 0.3 is 0 Å². The maximum Gasteiger partial charge on any atom is 0.254 e. The Balaban J connectivity index is 1.89. The van der Waals surface area contributed by atoms with Crippen molar-refractivity contribution >= 4 is 5.91 Å². The van der Waals surface area contributed by atoms with Gasteiger partial charge in [-0.25, -0.2) is 4.98 Å². The molecule has 3 N–H and O–H groups in total. The van der Waals surface area contributed by atoms with E-state index in [1.54, 1.807) is 11.2 Å². The standard InChI is InChI=1S/C14H15N3O4/c1-16-7-15-9-2-3-17(6-10(9)16)14(21)8-4-11(18)13(20)12(19)5-8/h4-5,7,18-20H,2-3,6H2,1H3. The van der Waals surface area contributed by atoms with E-state index in [1.165, 1.54) is 0 Å². The summed E-state index contributed by atoms with van der Waals surface area (Å²) in [6, 6.07) is 2.30. The number of fused-ring (bicyclic) bond motifs is 1. The number of carbonyl (C=O) groups is 1. The minimum atomic E-state index is -0.626. The van der Waals surface area contributed by atoms with Gasteiger partial charge < -0.3 is 24.8 Å². The third-order valence-electron chi connectivity index (χ3n) is 3.71. The molecule has 0 bridgehead atoms. The summed E-state index contributed by atoms with van der Waals surface area (Å²) in [5.74, 6) is -1.97. The SMILES string of the molecule is Cn1cnc2c1CN(C(=O)c1cc(O)c(O)c(O)c1)CC2. The van der Waals surface area contributed by atoms with Crippen LogP contribution in [0.2, 0.25) is 0 Å². The summed E-state index contributed by atoms with van der Waals surface area (Å²) in [4.78, 5) is 18.3. The van der Waals surface area contributed by atoms with E-state index >= 15 is 0 Å². The number of nitrogens with zero attached hydrogens (tertiary/aromatic N) is 3. The molecule has 1 aliphatic rings. The fraction of sp³-hybridized carbons (Fsp3) is 0.286. The summed E-state index contributed by atoms with van der Waals surface area (Å²) < 4.78 is 1.88. The van der Waals surface area contributed by atoms with Gasteiger partial charge in [0, 0.05) is 25.6 Å². The summed E-state index contributed by atoms with van der Waals surface area (Å²) in [7, 11) is 1.87. The summed E-state index contributed by atoms with van der Waals surface area (Å²) in [6.07, 6.45) is 2.38. The quantitative estimate of drug-likeness (QED) is 0.672. The predicted molar refractivity (Wildman–Crippen MR) is 73.1 cm³/mol. The first-order valence-corrected chi connectivity index (χ1v) is 6.50. The molecule has 7 heteroatoms. The molecule has 1 aliphatic heterocycles. The fourth-order valence-corrected chi connectivity index (χ4v) is 2.50.